The summed E-state index contributed by atoms with van der Waals surface area (Å²) in [5, 5.41) is 11.5. The summed E-state index contributed by atoms with van der Waals surface area (Å²) >= 11 is 0. The van der Waals surface area contributed by atoms with Crippen LogP contribution in [0.1, 0.15) is 5.56 Å². The third-order valence-electron chi connectivity index (χ3n) is 4.10. The van der Waals surface area contributed by atoms with Crippen molar-refractivity contribution in [1.82, 2.24) is 0 Å². The Morgan fingerprint density at radius 3 is 2.11 bits per heavy atom. The number of ether oxygens (including phenoxy) is 3. The number of hydrogen-bond donors (Lipinski definition) is 0. The second-order valence-corrected chi connectivity index (χ2v) is 5.81. The van der Waals surface area contributed by atoms with E-state index in [4.69, 9.17) is 18.6 Å². The summed E-state index contributed by atoms with van der Waals surface area (Å²) in [6, 6.07) is 7.42. The van der Waals surface area contributed by atoms with Crippen molar-refractivity contribution in [3.63, 3.8) is 0 Å². The molecule has 0 fully saturated rings. The summed E-state index contributed by atoms with van der Waals surface area (Å²) in [6.07, 6.45) is 0. The van der Waals surface area contributed by atoms with Crippen molar-refractivity contribution in [3.05, 3.63) is 56.2 Å². The fraction of sp³-hybridized carbons (Fsp3) is 0.211. The maximum Gasteiger partial charge on any atom is 0.312 e. The van der Waals surface area contributed by atoms with Crippen molar-refractivity contribution in [2.75, 3.05) is 21.3 Å². The molecule has 0 radical (unpaired) electrons. The van der Waals surface area contributed by atoms with Crippen LogP contribution >= 0.6 is 0 Å². The second-order valence-electron chi connectivity index (χ2n) is 5.81. The van der Waals surface area contributed by atoms with Gasteiger partial charge in [-0.3, -0.25) is 14.9 Å². The van der Waals surface area contributed by atoms with Crippen LogP contribution in [0.3, 0.4) is 0 Å². The smallest absolute Gasteiger partial charge is 0.312 e. The molecule has 0 amide bonds. The molecule has 1 heterocycles. The van der Waals surface area contributed by atoms with Crippen molar-refractivity contribution in [3.8, 4) is 28.6 Å². The number of fused-ring (bicyclic) bond motifs is 1. The van der Waals surface area contributed by atoms with Gasteiger partial charge in [0.15, 0.2) is 16.9 Å². The Morgan fingerprint density at radius 2 is 1.59 bits per heavy atom. The van der Waals surface area contributed by atoms with E-state index < -0.39 is 4.92 Å². The summed E-state index contributed by atoms with van der Waals surface area (Å²) in [6.45, 7) is 1.68. The molecule has 8 heteroatoms. The Kier molecular flexibility index (Phi) is 4.72. The highest BCUT2D eigenvalue weighted by molar-refractivity contribution is 5.87. The van der Waals surface area contributed by atoms with Crippen LogP contribution in [0.15, 0.2) is 39.5 Å². The minimum Gasteiger partial charge on any atom is -0.493 e. The van der Waals surface area contributed by atoms with Gasteiger partial charge in [0, 0.05) is 17.7 Å². The van der Waals surface area contributed by atoms with E-state index >= 15 is 0 Å². The molecule has 0 N–H and O–H groups in total. The third-order valence-corrected chi connectivity index (χ3v) is 4.10. The van der Waals surface area contributed by atoms with Crippen molar-refractivity contribution >= 4 is 16.7 Å². The first-order valence-corrected chi connectivity index (χ1v) is 7.92. The van der Waals surface area contributed by atoms with Crippen LogP contribution in [-0.4, -0.2) is 26.3 Å². The Hall–Kier alpha value is -3.55. The summed E-state index contributed by atoms with van der Waals surface area (Å²) in [5.74, 6) is 1.27. The fourth-order valence-electron chi connectivity index (χ4n) is 2.88. The minimum atomic E-state index is -0.572. The monoisotopic (exact) mass is 371 g/mol. The lowest BCUT2D eigenvalue weighted by molar-refractivity contribution is -0.383. The van der Waals surface area contributed by atoms with Gasteiger partial charge < -0.3 is 18.6 Å². The SMILES string of the molecule is COc1cc(-c2cc(=O)c3cc(C)cc([N+](=O)[O-])c3o2)cc(OC)c1OC. The van der Waals surface area contributed by atoms with Crippen molar-refractivity contribution in [1.29, 1.82) is 0 Å². The summed E-state index contributed by atoms with van der Waals surface area (Å²) in [4.78, 5) is 23.4. The van der Waals surface area contributed by atoms with E-state index in [2.05, 4.69) is 0 Å². The highest BCUT2D eigenvalue weighted by atomic mass is 16.6. The van der Waals surface area contributed by atoms with Gasteiger partial charge in [-0.15, -0.1) is 0 Å². The van der Waals surface area contributed by atoms with Crippen molar-refractivity contribution in [2.24, 2.45) is 0 Å². The molecule has 0 saturated heterocycles. The number of benzene rings is 2. The highest BCUT2D eigenvalue weighted by Gasteiger charge is 2.21. The topological polar surface area (TPSA) is 101 Å². The molecule has 0 unspecified atom stereocenters. The van der Waals surface area contributed by atoms with Gasteiger partial charge in [-0.05, 0) is 30.7 Å². The van der Waals surface area contributed by atoms with Gasteiger partial charge in [0.25, 0.3) is 0 Å². The van der Waals surface area contributed by atoms with Crippen LogP contribution in [0, 0.1) is 17.0 Å². The van der Waals surface area contributed by atoms with Crippen LogP contribution in [0.5, 0.6) is 17.2 Å². The zero-order chi connectivity index (χ0) is 19.7. The molecule has 140 valence electrons. The van der Waals surface area contributed by atoms with Gasteiger partial charge in [-0.2, -0.15) is 0 Å². The average Bonchev–Trinajstić information content (AvgIpc) is 2.66. The molecule has 0 aliphatic carbocycles. The quantitative estimate of drug-likeness (QED) is 0.498. The molecule has 0 aliphatic rings. The van der Waals surface area contributed by atoms with Gasteiger partial charge >= 0.3 is 5.69 Å². The third kappa shape index (κ3) is 3.17. The molecule has 0 bridgehead atoms. The normalized spacial score (nSPS) is 10.7. The van der Waals surface area contributed by atoms with Gasteiger partial charge in [-0.25, -0.2) is 0 Å². The maximum atomic E-state index is 12.6. The molecular formula is C19H17NO7. The first kappa shape index (κ1) is 18.2. The number of nitro groups is 1. The predicted octanol–water partition coefficient (Wildman–Crippen LogP) is 3.70. The number of nitro benzene ring substituents is 1. The summed E-state index contributed by atoms with van der Waals surface area (Å²) in [7, 11) is 4.40. The molecule has 0 aliphatic heterocycles. The first-order valence-electron chi connectivity index (χ1n) is 7.92. The maximum absolute atomic E-state index is 12.6. The Labute approximate surface area is 154 Å². The molecular weight excluding hydrogens is 354 g/mol. The molecule has 0 spiro atoms. The first-order chi connectivity index (χ1) is 12.9. The zero-order valence-electron chi connectivity index (χ0n) is 15.2. The number of hydrogen-bond acceptors (Lipinski definition) is 7. The molecule has 3 rings (SSSR count). The Morgan fingerprint density at radius 1 is 0.963 bits per heavy atom. The van der Waals surface area contributed by atoms with Crippen LogP contribution in [-0.2, 0) is 0 Å². The lowest BCUT2D eigenvalue weighted by Crippen LogP contribution is -2.03. The minimum absolute atomic E-state index is 0.0816. The second kappa shape index (κ2) is 6.99. The standard InChI is InChI=1S/C19H17NO7/c1-10-5-12-14(21)9-15(27-18(12)13(6-10)20(22)23)11-7-16(24-2)19(26-4)17(8-11)25-3/h5-9H,1-4H3. The van der Waals surface area contributed by atoms with E-state index in [1.54, 1.807) is 25.1 Å². The van der Waals surface area contributed by atoms with E-state index in [0.29, 0.717) is 28.4 Å². The van der Waals surface area contributed by atoms with Gasteiger partial charge in [0.2, 0.25) is 11.3 Å². The van der Waals surface area contributed by atoms with E-state index in [1.807, 2.05) is 0 Å². The molecule has 1 aromatic heterocycles. The van der Waals surface area contributed by atoms with Crippen LogP contribution in [0.4, 0.5) is 5.69 Å². The molecule has 0 saturated carbocycles. The summed E-state index contributed by atoms with van der Waals surface area (Å²) < 4.78 is 21.6. The fourth-order valence-corrected chi connectivity index (χ4v) is 2.88. The van der Waals surface area contributed by atoms with Crippen molar-refractivity contribution < 1.29 is 23.6 Å². The molecule has 27 heavy (non-hydrogen) atoms. The molecule has 3 aromatic rings. The van der Waals surface area contributed by atoms with Gasteiger partial charge in [-0.1, -0.05) is 0 Å². The molecule has 8 nitrogen and oxygen atoms in total. The predicted molar refractivity (Wildman–Crippen MR) is 99.0 cm³/mol. The molecule has 0 atom stereocenters. The largest absolute Gasteiger partial charge is 0.493 e. The number of aryl methyl sites for hydroxylation is 1. The lowest BCUT2D eigenvalue weighted by Gasteiger charge is -2.14. The zero-order valence-corrected chi connectivity index (χ0v) is 15.2. The molecule has 2 aromatic carbocycles. The van der Waals surface area contributed by atoms with E-state index in [1.165, 1.54) is 33.5 Å². The van der Waals surface area contributed by atoms with Crippen molar-refractivity contribution in [2.45, 2.75) is 6.92 Å². The Bertz CT molecular complexity index is 1080. The van der Waals surface area contributed by atoms with Gasteiger partial charge in [0.1, 0.15) is 5.76 Å². The lowest BCUT2D eigenvalue weighted by atomic mass is 10.1. The average molecular weight is 371 g/mol. The number of nitrogens with zero attached hydrogens (tertiary/aromatic N) is 1. The number of non-ortho nitro benzene ring substituents is 1. The van der Waals surface area contributed by atoms with Crippen LogP contribution < -0.4 is 19.6 Å². The van der Waals surface area contributed by atoms with Gasteiger partial charge in [0.05, 0.1) is 31.6 Å². The van der Waals surface area contributed by atoms with E-state index in [9.17, 15) is 14.9 Å². The van der Waals surface area contributed by atoms with Crippen LogP contribution in [0.25, 0.3) is 22.3 Å². The highest BCUT2D eigenvalue weighted by Crippen LogP contribution is 2.41. The number of rotatable bonds is 5. The van der Waals surface area contributed by atoms with E-state index in [-0.39, 0.29) is 27.8 Å². The summed E-state index contributed by atoms with van der Waals surface area (Å²) in [5.41, 5.74) is 0.324. The Balaban J connectivity index is 2.33. The van der Waals surface area contributed by atoms with Crippen LogP contribution in [0.2, 0.25) is 0 Å². The van der Waals surface area contributed by atoms with E-state index in [0.717, 1.165) is 0 Å². The number of methoxy groups -OCH3 is 3.